The minimum atomic E-state index is -1.06. The van der Waals surface area contributed by atoms with Crippen molar-refractivity contribution in [1.29, 1.82) is 0 Å². The minimum Gasteiger partial charge on any atom is -0.478 e. The molecule has 0 spiro atoms. The standard InChI is InChI=1S/C14H14N2O5/c1-8-3-4-9(14(18)19)5-11(8)15-13(17)12-6-10(7-20-2)21-16-12/h3-6H,7H2,1-2H3,(H,15,17)(H,18,19). The number of nitrogens with zero attached hydrogens (tertiary/aromatic N) is 1. The second kappa shape index (κ2) is 6.19. The number of carbonyl (C=O) groups is 2. The molecule has 1 heterocycles. The third kappa shape index (κ3) is 3.46. The van der Waals surface area contributed by atoms with Crippen LogP contribution in [0.5, 0.6) is 0 Å². The molecule has 0 aliphatic carbocycles. The van der Waals surface area contributed by atoms with E-state index >= 15 is 0 Å². The van der Waals surface area contributed by atoms with E-state index in [0.717, 1.165) is 5.56 Å². The fraction of sp³-hybridized carbons (Fsp3) is 0.214. The van der Waals surface area contributed by atoms with Crippen LogP contribution >= 0.6 is 0 Å². The smallest absolute Gasteiger partial charge is 0.335 e. The normalized spacial score (nSPS) is 10.4. The fourth-order valence-corrected chi connectivity index (χ4v) is 1.71. The lowest BCUT2D eigenvalue weighted by Gasteiger charge is -2.07. The van der Waals surface area contributed by atoms with Gasteiger partial charge in [-0.25, -0.2) is 4.79 Å². The second-order valence-corrected chi connectivity index (χ2v) is 4.40. The number of aromatic carboxylic acids is 1. The van der Waals surface area contributed by atoms with Gasteiger partial charge in [-0.2, -0.15) is 0 Å². The number of methoxy groups -OCH3 is 1. The van der Waals surface area contributed by atoms with E-state index in [4.69, 9.17) is 14.4 Å². The van der Waals surface area contributed by atoms with Crippen molar-refractivity contribution in [1.82, 2.24) is 5.16 Å². The van der Waals surface area contributed by atoms with Crippen LogP contribution in [0.2, 0.25) is 0 Å². The first-order valence-corrected chi connectivity index (χ1v) is 6.11. The van der Waals surface area contributed by atoms with Crippen molar-refractivity contribution in [2.75, 3.05) is 12.4 Å². The summed E-state index contributed by atoms with van der Waals surface area (Å²) in [6.07, 6.45) is 0. The Hall–Kier alpha value is -2.67. The van der Waals surface area contributed by atoms with Crippen molar-refractivity contribution >= 4 is 17.6 Å². The molecule has 2 aromatic rings. The number of carboxylic acid groups (broad SMARTS) is 1. The highest BCUT2D eigenvalue weighted by atomic mass is 16.5. The zero-order chi connectivity index (χ0) is 15.4. The number of nitrogens with one attached hydrogen (secondary N) is 1. The van der Waals surface area contributed by atoms with Crippen LogP contribution in [0.1, 0.15) is 32.2 Å². The fourth-order valence-electron chi connectivity index (χ4n) is 1.71. The number of aryl methyl sites for hydroxylation is 1. The highest BCUT2D eigenvalue weighted by Gasteiger charge is 2.14. The van der Waals surface area contributed by atoms with Gasteiger partial charge >= 0.3 is 5.97 Å². The molecule has 0 fully saturated rings. The van der Waals surface area contributed by atoms with E-state index < -0.39 is 11.9 Å². The number of hydrogen-bond acceptors (Lipinski definition) is 5. The number of carboxylic acids is 1. The van der Waals surface area contributed by atoms with Crippen LogP contribution in [-0.4, -0.2) is 29.2 Å². The summed E-state index contributed by atoms with van der Waals surface area (Å²) in [5.41, 5.74) is 1.35. The van der Waals surface area contributed by atoms with Gasteiger partial charge in [0.2, 0.25) is 0 Å². The van der Waals surface area contributed by atoms with Crippen molar-refractivity contribution in [2.24, 2.45) is 0 Å². The molecule has 7 heteroatoms. The van der Waals surface area contributed by atoms with Gasteiger partial charge in [0.25, 0.3) is 5.91 Å². The molecule has 1 aromatic heterocycles. The van der Waals surface area contributed by atoms with Crippen molar-refractivity contribution in [3.05, 3.63) is 46.8 Å². The molecule has 2 N–H and O–H groups in total. The molecule has 0 atom stereocenters. The van der Waals surface area contributed by atoms with Crippen LogP contribution in [0.3, 0.4) is 0 Å². The molecular weight excluding hydrogens is 276 g/mol. The molecular formula is C14H14N2O5. The van der Waals surface area contributed by atoms with Crippen LogP contribution in [0.25, 0.3) is 0 Å². The predicted octanol–water partition coefficient (Wildman–Crippen LogP) is 2.08. The first kappa shape index (κ1) is 14.7. The Bertz CT molecular complexity index is 678. The Kier molecular flexibility index (Phi) is 4.34. The Morgan fingerprint density at radius 2 is 2.14 bits per heavy atom. The average Bonchev–Trinajstić information content (AvgIpc) is 2.90. The van der Waals surface area contributed by atoms with Gasteiger partial charge in [-0.3, -0.25) is 4.79 Å². The number of aromatic nitrogens is 1. The van der Waals surface area contributed by atoms with E-state index in [1.165, 1.54) is 25.3 Å². The molecule has 0 saturated carbocycles. The highest BCUT2D eigenvalue weighted by molar-refractivity contribution is 6.03. The van der Waals surface area contributed by atoms with Crippen molar-refractivity contribution in [3.63, 3.8) is 0 Å². The summed E-state index contributed by atoms with van der Waals surface area (Å²) in [5, 5.41) is 15.2. The third-order valence-corrected chi connectivity index (χ3v) is 2.81. The quantitative estimate of drug-likeness (QED) is 0.874. The summed E-state index contributed by atoms with van der Waals surface area (Å²) < 4.78 is 9.80. The van der Waals surface area contributed by atoms with Crippen LogP contribution in [-0.2, 0) is 11.3 Å². The number of carbonyl (C=O) groups excluding carboxylic acids is 1. The maximum atomic E-state index is 12.0. The van der Waals surface area contributed by atoms with E-state index in [2.05, 4.69) is 10.5 Å². The van der Waals surface area contributed by atoms with E-state index in [0.29, 0.717) is 11.4 Å². The number of benzene rings is 1. The molecule has 0 saturated heterocycles. The van der Waals surface area contributed by atoms with Crippen LogP contribution in [0.4, 0.5) is 5.69 Å². The zero-order valence-electron chi connectivity index (χ0n) is 11.5. The highest BCUT2D eigenvalue weighted by Crippen LogP contribution is 2.18. The van der Waals surface area contributed by atoms with Gasteiger partial charge in [-0.1, -0.05) is 11.2 Å². The van der Waals surface area contributed by atoms with Gasteiger partial charge in [0, 0.05) is 18.9 Å². The lowest BCUT2D eigenvalue weighted by molar-refractivity contribution is 0.0696. The Morgan fingerprint density at radius 3 is 2.81 bits per heavy atom. The number of ether oxygens (including phenoxy) is 1. The maximum absolute atomic E-state index is 12.0. The maximum Gasteiger partial charge on any atom is 0.335 e. The Balaban J connectivity index is 2.18. The van der Waals surface area contributed by atoms with Crippen molar-refractivity contribution < 1.29 is 24.0 Å². The zero-order valence-corrected chi connectivity index (χ0v) is 11.5. The summed E-state index contributed by atoms with van der Waals surface area (Å²) in [4.78, 5) is 23.0. The topological polar surface area (TPSA) is 102 Å². The third-order valence-electron chi connectivity index (χ3n) is 2.81. The summed E-state index contributed by atoms with van der Waals surface area (Å²) in [5.74, 6) is -1.11. The number of hydrogen-bond donors (Lipinski definition) is 2. The van der Waals surface area contributed by atoms with E-state index in [-0.39, 0.29) is 17.9 Å². The van der Waals surface area contributed by atoms with E-state index in [9.17, 15) is 9.59 Å². The summed E-state index contributed by atoms with van der Waals surface area (Å²) >= 11 is 0. The van der Waals surface area contributed by atoms with Gasteiger partial charge < -0.3 is 19.7 Å². The van der Waals surface area contributed by atoms with Gasteiger partial charge in [0.1, 0.15) is 6.61 Å². The first-order chi connectivity index (χ1) is 10.0. The summed E-state index contributed by atoms with van der Waals surface area (Å²) in [6.45, 7) is 1.98. The summed E-state index contributed by atoms with van der Waals surface area (Å²) in [6, 6.07) is 5.96. The summed E-state index contributed by atoms with van der Waals surface area (Å²) in [7, 11) is 1.50. The lowest BCUT2D eigenvalue weighted by Crippen LogP contribution is -2.13. The van der Waals surface area contributed by atoms with Gasteiger partial charge in [0.05, 0.1) is 5.56 Å². The minimum absolute atomic E-state index is 0.0936. The van der Waals surface area contributed by atoms with Gasteiger partial charge in [-0.05, 0) is 24.6 Å². The molecule has 0 aliphatic rings. The van der Waals surface area contributed by atoms with E-state index in [1.54, 1.807) is 13.0 Å². The first-order valence-electron chi connectivity index (χ1n) is 6.11. The molecule has 21 heavy (non-hydrogen) atoms. The Labute approximate surface area is 120 Å². The van der Waals surface area contributed by atoms with Gasteiger partial charge in [0.15, 0.2) is 11.5 Å². The monoisotopic (exact) mass is 290 g/mol. The number of anilines is 1. The van der Waals surface area contributed by atoms with Crippen LogP contribution in [0.15, 0.2) is 28.8 Å². The molecule has 1 aromatic carbocycles. The van der Waals surface area contributed by atoms with Crippen LogP contribution in [0, 0.1) is 6.92 Å². The van der Waals surface area contributed by atoms with Gasteiger partial charge in [-0.15, -0.1) is 0 Å². The molecule has 0 bridgehead atoms. The van der Waals surface area contributed by atoms with Crippen LogP contribution < -0.4 is 5.32 Å². The molecule has 2 rings (SSSR count). The number of amides is 1. The molecule has 1 amide bonds. The predicted molar refractivity (Wildman–Crippen MR) is 73.3 cm³/mol. The SMILES string of the molecule is COCc1cc(C(=O)Nc2cc(C(=O)O)ccc2C)no1. The second-order valence-electron chi connectivity index (χ2n) is 4.40. The molecule has 110 valence electrons. The average molecular weight is 290 g/mol. The van der Waals surface area contributed by atoms with Crippen molar-refractivity contribution in [3.8, 4) is 0 Å². The lowest BCUT2D eigenvalue weighted by atomic mass is 10.1. The molecule has 0 unspecified atom stereocenters. The van der Waals surface area contributed by atoms with Crippen molar-refractivity contribution in [2.45, 2.75) is 13.5 Å². The largest absolute Gasteiger partial charge is 0.478 e. The number of rotatable bonds is 5. The molecule has 7 nitrogen and oxygen atoms in total. The molecule has 0 radical (unpaired) electrons. The van der Waals surface area contributed by atoms with E-state index in [1.807, 2.05) is 0 Å². The molecule has 0 aliphatic heterocycles. The Morgan fingerprint density at radius 1 is 1.38 bits per heavy atom.